The van der Waals surface area contributed by atoms with Gasteiger partial charge in [-0.25, -0.2) is 4.79 Å². The summed E-state index contributed by atoms with van der Waals surface area (Å²) in [6.45, 7) is 2.47. The molecule has 0 radical (unpaired) electrons. The Kier molecular flexibility index (Phi) is 5.33. The van der Waals surface area contributed by atoms with E-state index in [-0.39, 0.29) is 17.6 Å². The molecule has 2 rings (SSSR count). The van der Waals surface area contributed by atoms with E-state index in [9.17, 15) is 9.59 Å². The lowest BCUT2D eigenvalue weighted by atomic mass is 10.1. The van der Waals surface area contributed by atoms with Crippen LogP contribution in [0.25, 0.3) is 0 Å². The van der Waals surface area contributed by atoms with Crippen molar-refractivity contribution in [3.63, 3.8) is 0 Å². The van der Waals surface area contributed by atoms with Gasteiger partial charge in [0, 0.05) is 13.0 Å². The molecule has 1 aliphatic heterocycles. The van der Waals surface area contributed by atoms with E-state index in [1.165, 1.54) is 12.1 Å². The number of carbonyl (C=O) groups is 2. The second-order valence-corrected chi connectivity index (χ2v) is 5.46. The molecule has 1 aromatic rings. The van der Waals surface area contributed by atoms with Crippen LogP contribution in [0.5, 0.6) is 0 Å². The number of rotatable bonds is 6. The summed E-state index contributed by atoms with van der Waals surface area (Å²) < 4.78 is 5.67. The monoisotopic (exact) mass is 291 g/mol. The van der Waals surface area contributed by atoms with Crippen molar-refractivity contribution in [3.8, 4) is 0 Å². The number of carboxylic acids is 1. The fourth-order valence-corrected chi connectivity index (χ4v) is 2.44. The van der Waals surface area contributed by atoms with E-state index in [4.69, 9.17) is 9.84 Å². The van der Waals surface area contributed by atoms with Crippen molar-refractivity contribution >= 4 is 11.9 Å². The molecule has 2 N–H and O–H groups in total. The van der Waals surface area contributed by atoms with Crippen LogP contribution in [0, 0.1) is 0 Å². The van der Waals surface area contributed by atoms with Gasteiger partial charge in [-0.15, -0.1) is 0 Å². The number of hydrogen-bond donors (Lipinski definition) is 2. The first-order valence-corrected chi connectivity index (χ1v) is 7.29. The summed E-state index contributed by atoms with van der Waals surface area (Å²) in [5, 5.41) is 11.6. The highest BCUT2D eigenvalue weighted by molar-refractivity contribution is 5.87. The third-order valence-electron chi connectivity index (χ3n) is 3.70. The predicted molar refractivity (Wildman–Crippen MR) is 78.1 cm³/mol. The molecule has 1 heterocycles. The molecule has 114 valence electrons. The average Bonchev–Trinajstić information content (AvgIpc) is 2.89. The molecule has 21 heavy (non-hydrogen) atoms. The molecule has 0 spiro atoms. The number of nitrogens with one attached hydrogen (secondary N) is 1. The topological polar surface area (TPSA) is 75.6 Å². The van der Waals surface area contributed by atoms with Gasteiger partial charge < -0.3 is 15.2 Å². The second-order valence-electron chi connectivity index (χ2n) is 5.46. The number of carboxylic acid groups (broad SMARTS) is 1. The van der Waals surface area contributed by atoms with Crippen LogP contribution in [-0.4, -0.2) is 29.2 Å². The lowest BCUT2D eigenvalue weighted by Gasteiger charge is -2.11. The fourth-order valence-electron chi connectivity index (χ4n) is 2.44. The second kappa shape index (κ2) is 7.22. The van der Waals surface area contributed by atoms with Gasteiger partial charge in [-0.05, 0) is 43.9 Å². The minimum atomic E-state index is -0.948. The zero-order valence-electron chi connectivity index (χ0n) is 12.2. The molecule has 1 aromatic carbocycles. The van der Waals surface area contributed by atoms with Crippen LogP contribution in [-0.2, 0) is 16.1 Å². The van der Waals surface area contributed by atoms with Gasteiger partial charge in [0.2, 0.25) is 5.91 Å². The highest BCUT2D eigenvalue weighted by atomic mass is 16.5. The lowest BCUT2D eigenvalue weighted by molar-refractivity contribution is -0.122. The van der Waals surface area contributed by atoms with E-state index in [2.05, 4.69) is 12.2 Å². The molecule has 0 aliphatic carbocycles. The highest BCUT2D eigenvalue weighted by Gasteiger charge is 2.22. The van der Waals surface area contributed by atoms with Gasteiger partial charge in [-0.1, -0.05) is 12.1 Å². The third kappa shape index (κ3) is 4.86. The van der Waals surface area contributed by atoms with Gasteiger partial charge in [0.15, 0.2) is 0 Å². The number of amides is 1. The van der Waals surface area contributed by atoms with Crippen LogP contribution in [0.4, 0.5) is 0 Å². The fraction of sp³-hybridized carbons (Fsp3) is 0.500. The van der Waals surface area contributed by atoms with Crippen LogP contribution in [0.1, 0.15) is 48.5 Å². The molecule has 1 amide bonds. The largest absolute Gasteiger partial charge is 0.478 e. The minimum Gasteiger partial charge on any atom is -0.478 e. The van der Waals surface area contributed by atoms with Gasteiger partial charge in [0.05, 0.1) is 17.8 Å². The van der Waals surface area contributed by atoms with Crippen molar-refractivity contribution in [3.05, 3.63) is 35.4 Å². The zero-order chi connectivity index (χ0) is 15.2. The molecular formula is C16H21NO4. The summed E-state index contributed by atoms with van der Waals surface area (Å²) >= 11 is 0. The van der Waals surface area contributed by atoms with E-state index in [0.717, 1.165) is 24.8 Å². The Hall–Kier alpha value is -1.88. The van der Waals surface area contributed by atoms with Crippen molar-refractivity contribution in [1.29, 1.82) is 0 Å². The summed E-state index contributed by atoms with van der Waals surface area (Å²) in [4.78, 5) is 22.5. The number of aromatic carboxylic acids is 1. The number of hydrogen-bond acceptors (Lipinski definition) is 3. The molecule has 5 heteroatoms. The maximum absolute atomic E-state index is 11.8. The van der Waals surface area contributed by atoms with Gasteiger partial charge in [0.1, 0.15) is 0 Å². The van der Waals surface area contributed by atoms with Gasteiger partial charge in [-0.2, -0.15) is 0 Å². The molecule has 0 unspecified atom stereocenters. The quantitative estimate of drug-likeness (QED) is 0.843. The van der Waals surface area contributed by atoms with E-state index >= 15 is 0 Å². The minimum absolute atomic E-state index is 0.000430. The zero-order valence-corrected chi connectivity index (χ0v) is 12.2. The predicted octanol–water partition coefficient (Wildman–Crippen LogP) is 2.35. The lowest BCUT2D eigenvalue weighted by Crippen LogP contribution is -2.24. The summed E-state index contributed by atoms with van der Waals surface area (Å²) in [5.74, 6) is -0.947. The van der Waals surface area contributed by atoms with Crippen LogP contribution in [0.2, 0.25) is 0 Å². The van der Waals surface area contributed by atoms with Gasteiger partial charge in [0.25, 0.3) is 0 Å². The Balaban J connectivity index is 1.69. The molecule has 1 saturated heterocycles. The Morgan fingerprint density at radius 1 is 1.29 bits per heavy atom. The number of ether oxygens (including phenoxy) is 1. The first-order chi connectivity index (χ1) is 10.0. The maximum Gasteiger partial charge on any atom is 0.335 e. The summed E-state index contributed by atoms with van der Waals surface area (Å²) in [6.07, 6.45) is 3.85. The normalized spacial score (nSPS) is 21.2. The molecule has 1 fully saturated rings. The molecule has 5 nitrogen and oxygen atoms in total. The van der Waals surface area contributed by atoms with E-state index in [0.29, 0.717) is 19.1 Å². The van der Waals surface area contributed by atoms with Crippen LogP contribution in [0.3, 0.4) is 0 Å². The Morgan fingerprint density at radius 3 is 2.57 bits per heavy atom. The molecule has 0 aromatic heterocycles. The Bertz CT molecular complexity index is 498. The average molecular weight is 291 g/mol. The molecule has 1 aliphatic rings. The van der Waals surface area contributed by atoms with Crippen molar-refractivity contribution in [1.82, 2.24) is 5.32 Å². The van der Waals surface area contributed by atoms with Crippen molar-refractivity contribution in [2.45, 2.75) is 51.4 Å². The number of benzene rings is 1. The van der Waals surface area contributed by atoms with Crippen LogP contribution < -0.4 is 5.32 Å². The van der Waals surface area contributed by atoms with Crippen LogP contribution >= 0.6 is 0 Å². The standard InChI is InChI=1S/C16H21NO4/c1-11-2-7-14(21-11)8-9-15(18)17-10-12-3-5-13(6-4-12)16(19)20/h3-6,11,14H,2,7-10H2,1H3,(H,17,18)(H,19,20)/t11-,14+/m1/s1. The Morgan fingerprint density at radius 2 is 2.00 bits per heavy atom. The SMILES string of the molecule is C[C@@H]1CC[C@@H](CCC(=O)NCc2ccc(C(=O)O)cc2)O1. The van der Waals surface area contributed by atoms with Crippen molar-refractivity contribution in [2.24, 2.45) is 0 Å². The summed E-state index contributed by atoms with van der Waals surface area (Å²) in [7, 11) is 0. The highest BCUT2D eigenvalue weighted by Crippen LogP contribution is 2.22. The van der Waals surface area contributed by atoms with Crippen LogP contribution in [0.15, 0.2) is 24.3 Å². The number of carbonyl (C=O) groups excluding carboxylic acids is 1. The molecule has 0 bridgehead atoms. The summed E-state index contributed by atoms with van der Waals surface area (Å²) in [6, 6.07) is 6.51. The van der Waals surface area contributed by atoms with Crippen molar-refractivity contribution in [2.75, 3.05) is 0 Å². The smallest absolute Gasteiger partial charge is 0.335 e. The third-order valence-corrected chi connectivity index (χ3v) is 3.70. The van der Waals surface area contributed by atoms with E-state index < -0.39 is 5.97 Å². The van der Waals surface area contributed by atoms with Crippen molar-refractivity contribution < 1.29 is 19.4 Å². The Labute approximate surface area is 124 Å². The maximum atomic E-state index is 11.8. The van der Waals surface area contributed by atoms with Gasteiger partial charge in [-0.3, -0.25) is 4.79 Å². The van der Waals surface area contributed by atoms with E-state index in [1.807, 2.05) is 0 Å². The molecule has 0 saturated carbocycles. The molecular weight excluding hydrogens is 270 g/mol. The molecule has 2 atom stereocenters. The first-order valence-electron chi connectivity index (χ1n) is 7.29. The summed E-state index contributed by atoms with van der Waals surface area (Å²) in [5.41, 5.74) is 1.14. The first kappa shape index (κ1) is 15.5. The van der Waals surface area contributed by atoms with E-state index in [1.54, 1.807) is 12.1 Å². The van der Waals surface area contributed by atoms with Gasteiger partial charge >= 0.3 is 5.97 Å².